The average Bonchev–Trinajstić information content (AvgIpc) is 2.82. The van der Waals surface area contributed by atoms with Crippen molar-refractivity contribution in [3.63, 3.8) is 0 Å². The Morgan fingerprint density at radius 3 is 2.95 bits per heavy atom. The zero-order valence-electron chi connectivity index (χ0n) is 10.6. The van der Waals surface area contributed by atoms with Gasteiger partial charge < -0.3 is 10.8 Å². The monoisotopic (exact) mass is 296 g/mol. The van der Waals surface area contributed by atoms with E-state index in [1.165, 1.54) is 21.5 Å². The maximum Gasteiger partial charge on any atom is 0.352 e. The van der Waals surface area contributed by atoms with E-state index < -0.39 is 12.0 Å². The molecule has 9 nitrogen and oxygen atoms in total. The van der Waals surface area contributed by atoms with Gasteiger partial charge in [0.15, 0.2) is 5.82 Å². The highest BCUT2D eigenvalue weighted by atomic mass is 32.2. The summed E-state index contributed by atoms with van der Waals surface area (Å²) in [5.41, 5.74) is 6.25. The van der Waals surface area contributed by atoms with Crippen LogP contribution in [0.25, 0.3) is 0 Å². The minimum Gasteiger partial charge on any atom is -0.477 e. The van der Waals surface area contributed by atoms with Gasteiger partial charge in [-0.1, -0.05) is 0 Å². The smallest absolute Gasteiger partial charge is 0.352 e. The summed E-state index contributed by atoms with van der Waals surface area (Å²) in [6, 6.07) is -0.623. The van der Waals surface area contributed by atoms with Crippen LogP contribution in [0.5, 0.6) is 0 Å². The number of aliphatic carboxylic acids is 1. The Hall–Kier alpha value is -1.94. The summed E-state index contributed by atoms with van der Waals surface area (Å²) in [6.07, 6.45) is 0. The highest BCUT2D eigenvalue weighted by Crippen LogP contribution is 2.39. The number of tetrazole rings is 1. The van der Waals surface area contributed by atoms with E-state index >= 15 is 0 Å². The molecule has 0 aromatic carbocycles. The molecule has 20 heavy (non-hydrogen) atoms. The van der Waals surface area contributed by atoms with Gasteiger partial charge in [0.05, 0.1) is 6.54 Å². The van der Waals surface area contributed by atoms with Crippen LogP contribution >= 0.6 is 11.8 Å². The van der Waals surface area contributed by atoms with Crippen molar-refractivity contribution in [2.24, 2.45) is 5.73 Å². The fourth-order valence-electron chi connectivity index (χ4n) is 2.26. The third-order valence-corrected chi connectivity index (χ3v) is 4.54. The van der Waals surface area contributed by atoms with Crippen LogP contribution in [-0.4, -0.2) is 59.3 Å². The van der Waals surface area contributed by atoms with Crippen molar-refractivity contribution in [1.82, 2.24) is 25.1 Å². The molecule has 10 heteroatoms. The molecule has 0 saturated carbocycles. The predicted octanol–water partition coefficient (Wildman–Crippen LogP) is -1.44. The molecule has 106 valence electrons. The number of hydrogen-bond donors (Lipinski definition) is 2. The number of aryl methyl sites for hydroxylation is 1. The predicted molar refractivity (Wildman–Crippen MR) is 68.3 cm³/mol. The average molecular weight is 296 g/mol. The standard InChI is InChI=1S/C10H12N6O3S/c1-4-12-14-15(13-4)2-5-3-20-9-6(11)8(17)16(9)7(5)10(18)19/h6,9H,2-3,11H2,1H3,(H,18,19). The van der Waals surface area contributed by atoms with Gasteiger partial charge in [-0.05, 0) is 17.7 Å². The number of thioether (sulfide) groups is 1. The largest absolute Gasteiger partial charge is 0.477 e. The van der Waals surface area contributed by atoms with Crippen LogP contribution < -0.4 is 5.73 Å². The molecule has 3 heterocycles. The number of hydrogen-bond acceptors (Lipinski definition) is 7. The fourth-order valence-corrected chi connectivity index (χ4v) is 3.54. The van der Waals surface area contributed by atoms with E-state index in [-0.39, 0.29) is 23.5 Å². The number of aromatic nitrogens is 4. The van der Waals surface area contributed by atoms with Crippen LogP contribution in [0, 0.1) is 6.92 Å². The lowest BCUT2D eigenvalue weighted by Crippen LogP contribution is -2.68. The van der Waals surface area contributed by atoms with Crippen molar-refractivity contribution < 1.29 is 14.7 Å². The molecule has 0 spiro atoms. The first kappa shape index (κ1) is 13.1. The van der Waals surface area contributed by atoms with Crippen LogP contribution in [0.15, 0.2) is 11.3 Å². The number of carbonyl (C=O) groups is 2. The second-order valence-corrected chi connectivity index (χ2v) is 5.66. The third-order valence-electron chi connectivity index (χ3n) is 3.18. The lowest BCUT2D eigenvalue weighted by Gasteiger charge is -2.47. The van der Waals surface area contributed by atoms with Crippen molar-refractivity contribution >= 4 is 23.6 Å². The van der Waals surface area contributed by atoms with Gasteiger partial charge in [-0.2, -0.15) is 4.80 Å². The first-order valence-electron chi connectivity index (χ1n) is 5.89. The van der Waals surface area contributed by atoms with Gasteiger partial charge in [-0.3, -0.25) is 9.69 Å². The Labute approximate surface area is 117 Å². The SMILES string of the molecule is Cc1nnn(CC2=C(C(=O)O)N3C(=O)C(N)C3SC2)n1. The first-order chi connectivity index (χ1) is 9.49. The Bertz CT molecular complexity index is 626. The molecular formula is C10H12N6O3S. The summed E-state index contributed by atoms with van der Waals surface area (Å²) in [5, 5.41) is 20.6. The number of carboxylic acids is 1. The number of nitrogens with two attached hydrogens (primary N) is 1. The van der Waals surface area contributed by atoms with E-state index in [2.05, 4.69) is 15.4 Å². The number of β-lactam (4-membered cyclic amide) rings is 1. The molecule has 1 aromatic rings. The van der Waals surface area contributed by atoms with Crippen molar-refractivity contribution in [3.05, 3.63) is 17.1 Å². The number of rotatable bonds is 3. The van der Waals surface area contributed by atoms with E-state index in [1.807, 2.05) is 0 Å². The van der Waals surface area contributed by atoms with Gasteiger partial charge in [0, 0.05) is 5.75 Å². The first-order valence-corrected chi connectivity index (χ1v) is 6.94. The van der Waals surface area contributed by atoms with Crippen LogP contribution in [0.3, 0.4) is 0 Å². The Kier molecular flexibility index (Phi) is 2.98. The third kappa shape index (κ3) is 1.88. The van der Waals surface area contributed by atoms with Gasteiger partial charge in [0.2, 0.25) is 5.91 Å². The minimum absolute atomic E-state index is 0.00426. The van der Waals surface area contributed by atoms with Crippen LogP contribution in [0.4, 0.5) is 0 Å². The molecule has 1 amide bonds. The maximum atomic E-state index is 11.8. The normalized spacial score (nSPS) is 25.5. The molecule has 1 fully saturated rings. The van der Waals surface area contributed by atoms with Gasteiger partial charge >= 0.3 is 5.97 Å². The van der Waals surface area contributed by atoms with Crippen molar-refractivity contribution in [1.29, 1.82) is 0 Å². The molecule has 3 rings (SSSR count). The number of amides is 1. The van der Waals surface area contributed by atoms with E-state index in [0.717, 1.165) is 0 Å². The maximum absolute atomic E-state index is 11.8. The molecule has 2 aliphatic rings. The van der Waals surface area contributed by atoms with E-state index in [1.54, 1.807) is 6.92 Å². The van der Waals surface area contributed by atoms with Gasteiger partial charge in [0.1, 0.15) is 17.1 Å². The summed E-state index contributed by atoms with van der Waals surface area (Å²) in [5.74, 6) is -0.516. The highest BCUT2D eigenvalue weighted by molar-refractivity contribution is 8.00. The molecule has 2 aliphatic heterocycles. The molecule has 1 saturated heterocycles. The van der Waals surface area contributed by atoms with Gasteiger partial charge in [0.25, 0.3) is 0 Å². The Balaban J connectivity index is 1.94. The summed E-state index contributed by atoms with van der Waals surface area (Å²) in [6.45, 7) is 1.89. The molecule has 0 radical (unpaired) electrons. The van der Waals surface area contributed by atoms with Crippen molar-refractivity contribution in [3.8, 4) is 0 Å². The number of fused-ring (bicyclic) bond motifs is 1. The number of carbonyl (C=O) groups excluding carboxylic acids is 1. The zero-order chi connectivity index (χ0) is 14.4. The molecule has 2 unspecified atom stereocenters. The topological polar surface area (TPSA) is 127 Å². The second kappa shape index (κ2) is 4.56. The van der Waals surface area contributed by atoms with Crippen LogP contribution in [0.1, 0.15) is 5.82 Å². The lowest BCUT2D eigenvalue weighted by atomic mass is 10.0. The van der Waals surface area contributed by atoms with Gasteiger partial charge in [-0.25, -0.2) is 4.79 Å². The van der Waals surface area contributed by atoms with E-state index in [4.69, 9.17) is 5.73 Å². The van der Waals surface area contributed by atoms with Crippen LogP contribution in [-0.2, 0) is 16.1 Å². The summed E-state index contributed by atoms with van der Waals surface area (Å²) in [4.78, 5) is 25.8. The molecule has 2 atom stereocenters. The minimum atomic E-state index is -1.14. The summed E-state index contributed by atoms with van der Waals surface area (Å²) in [7, 11) is 0. The van der Waals surface area contributed by atoms with E-state index in [9.17, 15) is 14.7 Å². The Morgan fingerprint density at radius 2 is 2.35 bits per heavy atom. The zero-order valence-corrected chi connectivity index (χ0v) is 11.4. The fraction of sp³-hybridized carbons (Fsp3) is 0.500. The molecular weight excluding hydrogens is 284 g/mol. The quantitative estimate of drug-likeness (QED) is 0.649. The highest BCUT2D eigenvalue weighted by Gasteiger charge is 2.51. The van der Waals surface area contributed by atoms with E-state index in [0.29, 0.717) is 17.2 Å². The summed E-state index contributed by atoms with van der Waals surface area (Å²) >= 11 is 1.45. The number of nitrogens with zero attached hydrogens (tertiary/aromatic N) is 5. The molecule has 3 N–H and O–H groups in total. The molecule has 0 aliphatic carbocycles. The molecule has 1 aromatic heterocycles. The van der Waals surface area contributed by atoms with Crippen molar-refractivity contribution in [2.75, 3.05) is 5.75 Å². The molecule has 0 bridgehead atoms. The van der Waals surface area contributed by atoms with Gasteiger partial charge in [-0.15, -0.1) is 22.0 Å². The van der Waals surface area contributed by atoms with Crippen molar-refractivity contribution in [2.45, 2.75) is 24.9 Å². The number of carboxylic acid groups (broad SMARTS) is 1. The lowest BCUT2D eigenvalue weighted by molar-refractivity contribution is -0.148. The Morgan fingerprint density at radius 1 is 1.60 bits per heavy atom. The summed E-state index contributed by atoms with van der Waals surface area (Å²) < 4.78 is 0. The van der Waals surface area contributed by atoms with Crippen LogP contribution in [0.2, 0.25) is 0 Å². The second-order valence-electron chi connectivity index (χ2n) is 4.56.